The highest BCUT2D eigenvalue weighted by atomic mass is 35.5. The van der Waals surface area contributed by atoms with Gasteiger partial charge < -0.3 is 20.1 Å². The molecule has 1 saturated heterocycles. The third-order valence-corrected chi connectivity index (χ3v) is 9.76. The number of anilines is 4. The first-order chi connectivity index (χ1) is 19.2. The molecule has 12 heteroatoms. The maximum atomic E-state index is 13.5. The normalized spacial score (nSPS) is 17.9. The van der Waals surface area contributed by atoms with Gasteiger partial charge in [-0.05, 0) is 56.5 Å². The summed E-state index contributed by atoms with van der Waals surface area (Å²) in [7, 11) is -1.99. The molecule has 1 unspecified atom stereocenters. The number of hydrogen-bond acceptors (Lipinski definition) is 9. The minimum Gasteiger partial charge on any atom is -0.495 e. The molecule has 0 radical (unpaired) electrons. The Hall–Kier alpha value is -3.25. The maximum Gasteiger partial charge on any atom is 0.229 e. The van der Waals surface area contributed by atoms with Crippen molar-refractivity contribution >= 4 is 50.4 Å². The number of morpholine rings is 1. The molecule has 0 spiro atoms. The Bertz CT molecular complexity index is 1530. The van der Waals surface area contributed by atoms with E-state index in [9.17, 15) is 13.2 Å². The Kier molecular flexibility index (Phi) is 8.27. The van der Waals surface area contributed by atoms with Gasteiger partial charge >= 0.3 is 0 Å². The molecule has 40 heavy (non-hydrogen) atoms. The molecular formula is C28H33ClN5O5S+. The van der Waals surface area contributed by atoms with E-state index in [0.717, 1.165) is 44.7 Å². The van der Waals surface area contributed by atoms with Gasteiger partial charge in [-0.2, -0.15) is 4.98 Å². The number of aromatic nitrogens is 2. The van der Waals surface area contributed by atoms with Gasteiger partial charge in [0.05, 0.1) is 54.0 Å². The summed E-state index contributed by atoms with van der Waals surface area (Å²) in [6.07, 6.45) is 2.97. The molecule has 2 heterocycles. The van der Waals surface area contributed by atoms with E-state index in [1.54, 1.807) is 51.3 Å². The number of carbonyl (C=O) groups excluding carboxylic acids is 1. The first-order valence-corrected chi connectivity index (χ1v) is 15.1. The number of para-hydroxylation sites is 1. The first kappa shape index (κ1) is 28.3. The highest BCUT2D eigenvalue weighted by molar-refractivity contribution is 7.92. The average molecular weight is 587 g/mol. The summed E-state index contributed by atoms with van der Waals surface area (Å²) in [4.78, 5) is 24.7. The standard InChI is InChI=1S/C28H32ClN5O5S/c1-17(2)40(36,37)25-7-5-4-6-21(25)31-27-20(29)16-30-28(33-27)32-22-15-19-18(14-24(22)38-3)8-9-23(26(19)35)34-10-12-39-13-11-34/h4-7,14-17,23H,8-13H2,1-3H3,(H2,30,31,32,33)/p+1. The number of Topliss-reactive ketones (excluding diaryl/α,β-unsaturated/α-hetero) is 1. The van der Waals surface area contributed by atoms with Crippen LogP contribution in [0, 0.1) is 0 Å². The van der Waals surface area contributed by atoms with Crippen molar-refractivity contribution in [1.29, 1.82) is 0 Å². The van der Waals surface area contributed by atoms with Gasteiger partial charge in [0.1, 0.15) is 10.8 Å². The lowest BCUT2D eigenvalue weighted by atomic mass is 9.85. The monoisotopic (exact) mass is 586 g/mol. The summed E-state index contributed by atoms with van der Waals surface area (Å²) in [5.74, 6) is 1.08. The van der Waals surface area contributed by atoms with Crippen LogP contribution >= 0.6 is 11.6 Å². The molecule has 10 nitrogen and oxygen atoms in total. The number of sulfone groups is 1. The Morgan fingerprint density at radius 3 is 2.60 bits per heavy atom. The van der Waals surface area contributed by atoms with Crippen molar-refractivity contribution in [1.82, 2.24) is 14.9 Å². The van der Waals surface area contributed by atoms with Crippen molar-refractivity contribution in [3.8, 4) is 5.75 Å². The second-order valence-electron chi connectivity index (χ2n) is 10.1. The van der Waals surface area contributed by atoms with Crippen LogP contribution in [0.5, 0.6) is 5.75 Å². The van der Waals surface area contributed by atoms with Gasteiger partial charge in [-0.1, -0.05) is 23.7 Å². The number of nitrogens with one attached hydrogen (secondary N) is 2. The van der Waals surface area contributed by atoms with Crippen molar-refractivity contribution in [3.05, 3.63) is 58.7 Å². The molecule has 1 aliphatic carbocycles. The number of carbonyl (C=O) groups is 1. The lowest BCUT2D eigenvalue weighted by Crippen LogP contribution is -2.49. The largest absolute Gasteiger partial charge is 0.495 e. The van der Waals surface area contributed by atoms with Gasteiger partial charge in [-0.15, -0.1) is 0 Å². The quantitative estimate of drug-likeness (QED) is 0.374. The molecule has 212 valence electrons. The number of fused-ring (bicyclic) bond motifs is 1. The number of benzene rings is 2. The van der Waals surface area contributed by atoms with Crippen LogP contribution in [-0.4, -0.2) is 78.5 Å². The van der Waals surface area contributed by atoms with E-state index in [0.29, 0.717) is 22.7 Å². The molecule has 2 aromatic carbocycles. The lowest BCUT2D eigenvalue weighted by molar-refractivity contribution is -0.0969. The predicted octanol–water partition coefficient (Wildman–Crippen LogP) is 4.15. The second-order valence-corrected chi connectivity index (χ2v) is 12.9. The van der Waals surface area contributed by atoms with Crippen LogP contribution in [0.1, 0.15) is 36.2 Å². The molecule has 3 aromatic rings. The zero-order valence-corrected chi connectivity index (χ0v) is 24.2. The number of aliphatic hydroxyl groups is 2. The Balaban J connectivity index is 1.44. The Morgan fingerprint density at radius 1 is 1.12 bits per heavy atom. The predicted molar refractivity (Wildman–Crippen MR) is 155 cm³/mol. The van der Waals surface area contributed by atoms with Crippen molar-refractivity contribution < 1.29 is 22.7 Å². The Morgan fingerprint density at radius 2 is 1.88 bits per heavy atom. The minimum absolute atomic E-state index is 0.0937. The number of aryl methyl sites for hydroxylation is 1. The number of nitrogens with zero attached hydrogens (tertiary/aromatic N) is 3. The molecule has 1 fully saturated rings. The van der Waals surface area contributed by atoms with Gasteiger partial charge in [0, 0.05) is 5.56 Å². The van der Waals surface area contributed by atoms with Crippen LogP contribution in [0.4, 0.5) is 23.1 Å². The third-order valence-electron chi connectivity index (χ3n) is 7.27. The van der Waals surface area contributed by atoms with E-state index in [2.05, 4.69) is 30.2 Å². The van der Waals surface area contributed by atoms with Crippen LogP contribution < -0.4 is 15.4 Å². The topological polar surface area (TPSA) is 126 Å². The van der Waals surface area contributed by atoms with E-state index >= 15 is 0 Å². The number of ether oxygens (including phenoxy) is 2. The molecule has 3 N–H and O–H groups in total. The zero-order valence-electron chi connectivity index (χ0n) is 22.6. The van der Waals surface area contributed by atoms with E-state index in [1.165, 1.54) is 6.20 Å². The lowest BCUT2D eigenvalue weighted by Gasteiger charge is -2.34. The minimum atomic E-state index is -3.56. The van der Waals surface area contributed by atoms with Crippen molar-refractivity contribution in [3.63, 3.8) is 0 Å². The number of rotatable bonds is 8. The summed E-state index contributed by atoms with van der Waals surface area (Å²) >= 11 is 6.40. The van der Waals surface area contributed by atoms with Gasteiger partial charge in [0.2, 0.25) is 5.95 Å². The molecule has 5 rings (SSSR count). The molecule has 1 aliphatic heterocycles. The van der Waals surface area contributed by atoms with Crippen LogP contribution in [0.3, 0.4) is 0 Å². The highest BCUT2D eigenvalue weighted by Crippen LogP contribution is 2.36. The smallest absolute Gasteiger partial charge is 0.229 e. The van der Waals surface area contributed by atoms with E-state index in [4.69, 9.17) is 16.3 Å². The Labute approximate surface area is 239 Å². The molecule has 0 saturated carbocycles. The van der Waals surface area contributed by atoms with Gasteiger partial charge in [0.15, 0.2) is 34.7 Å². The van der Waals surface area contributed by atoms with Crippen molar-refractivity contribution in [2.24, 2.45) is 0 Å². The molecule has 0 bridgehead atoms. The fourth-order valence-electron chi connectivity index (χ4n) is 5.04. The summed E-state index contributed by atoms with van der Waals surface area (Å²) in [6, 6.07) is 10.1. The fraction of sp³-hybridized carbons (Fsp3) is 0.393. The van der Waals surface area contributed by atoms with Crippen LogP contribution in [0.25, 0.3) is 0 Å². The third kappa shape index (κ3) is 5.64. The molecule has 2 aliphatic rings. The highest BCUT2D eigenvalue weighted by Gasteiger charge is 2.34. The van der Waals surface area contributed by atoms with Crippen molar-refractivity contribution in [2.45, 2.75) is 42.9 Å². The van der Waals surface area contributed by atoms with Gasteiger partial charge in [-0.25, -0.2) is 13.4 Å². The average Bonchev–Trinajstić information content (AvgIpc) is 2.95. The first-order valence-electron chi connectivity index (χ1n) is 13.2. The molecule has 1 atom stereocenters. The summed E-state index contributed by atoms with van der Waals surface area (Å²) in [5.41, 5.74) is 2.51. The maximum absolute atomic E-state index is 13.5. The van der Waals surface area contributed by atoms with Crippen LogP contribution in [-0.2, 0) is 16.3 Å². The number of methoxy groups -OCH3 is 1. The number of ketones is 1. The molecule has 1 aromatic heterocycles. The zero-order chi connectivity index (χ0) is 28.4. The SMILES string of the molecule is COc1cc2c(cc1Nc1ncc(Cl)c(Nc3ccccc3S(=O)(=O)C(C)C)n1)C(=O)C(N1CC[OH+]CC1)CC2. The summed E-state index contributed by atoms with van der Waals surface area (Å²) < 4.78 is 35.8. The van der Waals surface area contributed by atoms with Crippen LogP contribution in [0.2, 0.25) is 5.02 Å². The van der Waals surface area contributed by atoms with E-state index < -0.39 is 15.1 Å². The summed E-state index contributed by atoms with van der Waals surface area (Å²) in [6.45, 7) is 6.36. The molecule has 0 amide bonds. The summed E-state index contributed by atoms with van der Waals surface area (Å²) in [5, 5.41) is 5.83. The fourth-order valence-corrected chi connectivity index (χ4v) is 6.38. The van der Waals surface area contributed by atoms with Gasteiger partial charge in [-0.3, -0.25) is 9.69 Å². The van der Waals surface area contributed by atoms with E-state index in [-0.39, 0.29) is 33.5 Å². The van der Waals surface area contributed by atoms with Crippen molar-refractivity contribution in [2.75, 3.05) is 44.0 Å². The number of hydrogen-bond donors (Lipinski definition) is 2. The van der Waals surface area contributed by atoms with Gasteiger partial charge in [0.25, 0.3) is 0 Å². The number of halogens is 1. The van der Waals surface area contributed by atoms with Crippen LogP contribution in [0.15, 0.2) is 47.5 Å². The van der Waals surface area contributed by atoms with E-state index in [1.807, 2.05) is 6.07 Å². The second kappa shape index (κ2) is 11.7. The molecular weight excluding hydrogens is 554 g/mol.